The lowest BCUT2D eigenvalue weighted by atomic mass is 11.0. The molecule has 0 fully saturated rings. The Morgan fingerprint density at radius 2 is 2.33 bits per heavy atom. The average molecular weight is 150 g/mol. The van der Waals surface area contributed by atoms with Gasteiger partial charge in [0.25, 0.3) is 0 Å². The molecule has 0 radical (unpaired) electrons. The van der Waals surface area contributed by atoms with Gasteiger partial charge in [-0.2, -0.15) is 0 Å². The van der Waals surface area contributed by atoms with Gasteiger partial charge in [0.15, 0.2) is 11.4 Å². The lowest BCUT2D eigenvalue weighted by molar-refractivity contribution is -0.542. The highest BCUT2D eigenvalue weighted by Gasteiger charge is 1.94. The van der Waals surface area contributed by atoms with Gasteiger partial charge >= 0.3 is 0 Å². The van der Waals surface area contributed by atoms with Crippen LogP contribution in [0.3, 0.4) is 0 Å². The second-order valence-electron chi connectivity index (χ2n) is 1.18. The van der Waals surface area contributed by atoms with Crippen molar-refractivity contribution in [3.63, 3.8) is 0 Å². The summed E-state index contributed by atoms with van der Waals surface area (Å²) in [4.78, 5) is 13.3. The molecule has 6 heteroatoms. The van der Waals surface area contributed by atoms with Crippen LogP contribution in [0.4, 0.5) is 0 Å². The van der Waals surface area contributed by atoms with Gasteiger partial charge in [-0.3, -0.25) is 0 Å². The van der Waals surface area contributed by atoms with E-state index in [4.69, 9.17) is 0 Å². The van der Waals surface area contributed by atoms with Crippen molar-refractivity contribution in [2.24, 2.45) is 0 Å². The van der Waals surface area contributed by atoms with Crippen molar-refractivity contribution in [1.29, 1.82) is 0 Å². The molecule has 0 aromatic carbocycles. The second kappa shape index (κ2) is 3.03. The van der Waals surface area contributed by atoms with Gasteiger partial charge < -0.3 is 0 Å². The molecule has 9 heavy (non-hydrogen) atoms. The van der Waals surface area contributed by atoms with Crippen LogP contribution < -0.4 is 0 Å². The van der Waals surface area contributed by atoms with E-state index in [0.29, 0.717) is 0 Å². The van der Waals surface area contributed by atoms with Crippen molar-refractivity contribution in [2.75, 3.05) is 0 Å². The van der Waals surface area contributed by atoms with E-state index in [0.717, 1.165) is 11.0 Å². The second-order valence-corrected chi connectivity index (χ2v) is 1.18. The Morgan fingerprint density at radius 3 is 2.56 bits per heavy atom. The minimum absolute atomic E-state index is 0. The molecule has 0 spiro atoms. The molecule has 0 aliphatic rings. The van der Waals surface area contributed by atoms with E-state index in [-0.39, 0.29) is 12.4 Å². The summed E-state index contributed by atoms with van der Waals surface area (Å²) in [5, 5.41) is 9.23. The summed E-state index contributed by atoms with van der Waals surface area (Å²) in [6.45, 7) is 0. The maximum atomic E-state index is 9.79. The minimum atomic E-state index is -0.562. The number of hydrogen-bond acceptors (Lipinski definition) is 3. The predicted octanol–water partition coefficient (Wildman–Crippen LogP) is 0.345. The number of hydrogen-bond donors (Lipinski definition) is 0. The standard InChI is InChI=1S/C3H3N3O2.ClH/c7-6(8)5-2-1-4-3-5;/h1-3H;1H. The van der Waals surface area contributed by atoms with Crippen LogP contribution in [-0.2, 0) is 0 Å². The van der Waals surface area contributed by atoms with Gasteiger partial charge in [-0.1, -0.05) is 4.68 Å². The normalized spacial score (nSPS) is 8.00. The fourth-order valence-electron chi connectivity index (χ4n) is 0.349. The summed E-state index contributed by atoms with van der Waals surface area (Å²) in [6, 6.07) is 0. The summed E-state index contributed by atoms with van der Waals surface area (Å²) in [5.74, 6) is 0. The first kappa shape index (κ1) is 7.90. The van der Waals surface area contributed by atoms with Crippen LogP contribution in [0.1, 0.15) is 0 Å². The third kappa shape index (κ3) is 1.69. The van der Waals surface area contributed by atoms with Gasteiger partial charge in [0.2, 0.25) is 0 Å². The summed E-state index contributed by atoms with van der Waals surface area (Å²) in [5.41, 5.74) is 0. The van der Waals surface area contributed by atoms with Crippen LogP contribution in [0.5, 0.6) is 0 Å². The maximum absolute atomic E-state index is 9.79. The fraction of sp³-hybridized carbons (Fsp3) is 0. The van der Waals surface area contributed by atoms with Gasteiger partial charge in [0.05, 0.1) is 12.4 Å². The Labute approximate surface area is 56.8 Å². The molecule has 0 bridgehead atoms. The van der Waals surface area contributed by atoms with E-state index < -0.39 is 5.03 Å². The van der Waals surface area contributed by atoms with Gasteiger partial charge in [-0.15, -0.1) is 12.4 Å². The zero-order chi connectivity index (χ0) is 5.98. The van der Waals surface area contributed by atoms with Crippen molar-refractivity contribution in [3.05, 3.63) is 28.8 Å². The first-order valence-electron chi connectivity index (χ1n) is 1.93. The highest BCUT2D eigenvalue weighted by Crippen LogP contribution is 1.80. The number of imidazole rings is 1. The van der Waals surface area contributed by atoms with Crippen LogP contribution >= 0.6 is 12.4 Å². The zero-order valence-electron chi connectivity index (χ0n) is 4.30. The Morgan fingerprint density at radius 1 is 1.67 bits per heavy atom. The summed E-state index contributed by atoms with van der Waals surface area (Å²) in [6.07, 6.45) is 3.74. The van der Waals surface area contributed by atoms with Gasteiger partial charge in [0.1, 0.15) is 0 Å². The van der Waals surface area contributed by atoms with Crippen LogP contribution in [-0.4, -0.2) is 14.7 Å². The Bertz CT molecular complexity index is 185. The Kier molecular flexibility index (Phi) is 2.66. The molecule has 0 saturated heterocycles. The number of nitro groups is 1. The van der Waals surface area contributed by atoms with E-state index in [2.05, 4.69) is 4.98 Å². The SMILES string of the molecule is Cl.O=[N+]([O-])n1ccnc1. The molecule has 5 nitrogen and oxygen atoms in total. The lowest BCUT2D eigenvalue weighted by Crippen LogP contribution is -2.04. The third-order valence-electron chi connectivity index (χ3n) is 0.679. The van der Waals surface area contributed by atoms with Crippen molar-refractivity contribution in [3.8, 4) is 0 Å². The number of halogens is 1. The van der Waals surface area contributed by atoms with E-state index in [9.17, 15) is 10.1 Å². The summed E-state index contributed by atoms with van der Waals surface area (Å²) >= 11 is 0. The van der Waals surface area contributed by atoms with Crippen LogP contribution in [0.2, 0.25) is 0 Å². The summed E-state index contributed by atoms with van der Waals surface area (Å²) in [7, 11) is 0. The number of aromatic nitrogens is 2. The molecule has 0 unspecified atom stereocenters. The molecule has 1 heterocycles. The van der Waals surface area contributed by atoms with Crippen LogP contribution in [0, 0.1) is 10.1 Å². The Balaban J connectivity index is 0.000000640. The largest absolute Gasteiger partial charge is 0.239 e. The topological polar surface area (TPSA) is 61.0 Å². The molecule has 50 valence electrons. The zero-order valence-corrected chi connectivity index (χ0v) is 5.11. The van der Waals surface area contributed by atoms with Crippen LogP contribution in [0.15, 0.2) is 18.7 Å². The molecule has 0 atom stereocenters. The molecule has 0 aliphatic heterocycles. The fourth-order valence-corrected chi connectivity index (χ4v) is 0.349. The minimum Gasteiger partial charge on any atom is -0.239 e. The van der Waals surface area contributed by atoms with Gasteiger partial charge in [-0.25, -0.2) is 15.1 Å². The quantitative estimate of drug-likeness (QED) is 0.428. The highest BCUT2D eigenvalue weighted by molar-refractivity contribution is 5.85. The smallest absolute Gasteiger partial charge is 0.170 e. The Hall–Kier alpha value is -1.10. The number of rotatable bonds is 1. The molecular weight excluding hydrogens is 146 g/mol. The number of nitrogens with zero attached hydrogens (tertiary/aromatic N) is 3. The van der Waals surface area contributed by atoms with Crippen molar-refractivity contribution in [2.45, 2.75) is 0 Å². The van der Waals surface area contributed by atoms with Crippen molar-refractivity contribution in [1.82, 2.24) is 9.66 Å². The average Bonchev–Trinajstić information content (AvgIpc) is 2.12. The van der Waals surface area contributed by atoms with Crippen LogP contribution in [0.25, 0.3) is 0 Å². The van der Waals surface area contributed by atoms with Gasteiger partial charge in [0, 0.05) is 0 Å². The van der Waals surface area contributed by atoms with E-state index in [1.165, 1.54) is 12.4 Å². The van der Waals surface area contributed by atoms with E-state index >= 15 is 0 Å². The van der Waals surface area contributed by atoms with Gasteiger partial charge in [-0.05, 0) is 0 Å². The highest BCUT2D eigenvalue weighted by atomic mass is 35.5. The third-order valence-corrected chi connectivity index (χ3v) is 0.679. The predicted molar refractivity (Wildman–Crippen MR) is 31.9 cm³/mol. The molecule has 1 rings (SSSR count). The van der Waals surface area contributed by atoms with E-state index in [1.807, 2.05) is 0 Å². The molecular formula is C3H4ClN3O2. The molecule has 0 aliphatic carbocycles. The molecule has 1 aromatic rings. The lowest BCUT2D eigenvalue weighted by Gasteiger charge is -1.81. The molecule has 0 N–H and O–H groups in total. The summed E-state index contributed by atoms with van der Waals surface area (Å²) < 4.78 is 0.778. The molecule has 0 amide bonds. The van der Waals surface area contributed by atoms with Crippen molar-refractivity contribution < 1.29 is 5.03 Å². The first-order valence-corrected chi connectivity index (χ1v) is 1.93. The molecule has 0 saturated carbocycles. The van der Waals surface area contributed by atoms with E-state index in [1.54, 1.807) is 0 Å². The monoisotopic (exact) mass is 149 g/mol. The molecule has 1 aromatic heterocycles. The first-order chi connectivity index (χ1) is 3.80. The maximum Gasteiger partial charge on any atom is 0.170 e. The van der Waals surface area contributed by atoms with Crippen molar-refractivity contribution >= 4 is 12.4 Å².